The zero-order chi connectivity index (χ0) is 26.8. The van der Waals surface area contributed by atoms with Gasteiger partial charge in [-0.2, -0.15) is 0 Å². The van der Waals surface area contributed by atoms with Crippen molar-refractivity contribution in [1.29, 1.82) is 0 Å². The van der Waals surface area contributed by atoms with Crippen LogP contribution in [-0.4, -0.2) is 55.8 Å². The van der Waals surface area contributed by atoms with Gasteiger partial charge in [0.2, 0.25) is 0 Å². The number of nitrogens with zero attached hydrogens (tertiary/aromatic N) is 4. The van der Waals surface area contributed by atoms with E-state index in [9.17, 15) is 9.90 Å². The van der Waals surface area contributed by atoms with Crippen LogP contribution < -0.4 is 21.1 Å². The van der Waals surface area contributed by atoms with Crippen LogP contribution in [0.1, 0.15) is 17.4 Å². The number of nitrogens with one attached hydrogen (secondary N) is 2. The average molecular weight is 558 g/mol. The van der Waals surface area contributed by atoms with Gasteiger partial charge in [-0.05, 0) is 35.9 Å². The highest BCUT2D eigenvalue weighted by Crippen LogP contribution is 2.32. The largest absolute Gasteiger partial charge is 0.489 e. The van der Waals surface area contributed by atoms with Crippen LogP contribution in [0.15, 0.2) is 55.1 Å². The number of hydrogen-bond donors (Lipinski definition) is 4. The quantitative estimate of drug-likeness (QED) is 0.256. The number of ether oxygens (including phenoxy) is 2. The summed E-state index contributed by atoms with van der Waals surface area (Å²) in [5, 5.41) is 17.6. The molecule has 0 unspecified atom stereocenters. The van der Waals surface area contributed by atoms with Crippen molar-refractivity contribution in [2.75, 3.05) is 12.4 Å². The summed E-state index contributed by atoms with van der Waals surface area (Å²) in [6, 6.07) is 11.9. The molecule has 0 spiro atoms. The highest BCUT2D eigenvalue weighted by Gasteiger charge is 2.46. The fourth-order valence-corrected chi connectivity index (χ4v) is 4.54. The van der Waals surface area contributed by atoms with E-state index in [-0.39, 0.29) is 0 Å². The number of hydrogen-bond acceptors (Lipinski definition) is 9. The van der Waals surface area contributed by atoms with E-state index in [1.165, 1.54) is 24.3 Å². The summed E-state index contributed by atoms with van der Waals surface area (Å²) in [4.78, 5) is 25.2. The molecule has 2 aromatic heterocycles. The number of likely N-dealkylation sites (N-methyl/N-ethyl adjacent to an activating group) is 1. The van der Waals surface area contributed by atoms with Crippen molar-refractivity contribution in [3.63, 3.8) is 0 Å². The third-order valence-electron chi connectivity index (χ3n) is 6.24. The fraction of sp³-hybridized carbons (Fsp3) is 0.280. The normalized spacial score (nSPS) is 21.0. The molecule has 1 aliphatic heterocycles. The molecule has 198 valence electrons. The minimum Gasteiger partial charge on any atom is -0.489 e. The molecule has 4 aromatic rings. The number of imidazole rings is 1. The van der Waals surface area contributed by atoms with Crippen molar-refractivity contribution in [2.45, 2.75) is 37.6 Å². The Hall–Kier alpha value is -3.48. The van der Waals surface area contributed by atoms with E-state index in [1.807, 2.05) is 36.4 Å². The molecule has 1 amide bonds. The van der Waals surface area contributed by atoms with Gasteiger partial charge in [-0.15, -0.1) is 0 Å². The number of anilines is 1. The number of fused-ring (bicyclic) bond motifs is 1. The monoisotopic (exact) mass is 557 g/mol. The predicted octanol–water partition coefficient (Wildman–Crippen LogP) is 2.66. The number of halogens is 2. The Kier molecular flexibility index (Phi) is 7.63. The minimum absolute atomic E-state index is 0.335. The van der Waals surface area contributed by atoms with Crippen LogP contribution in [0.2, 0.25) is 10.0 Å². The lowest BCUT2D eigenvalue weighted by atomic mass is 10.1. The molecule has 0 aliphatic carbocycles. The molecule has 1 fully saturated rings. The van der Waals surface area contributed by atoms with Crippen LogP contribution in [-0.2, 0) is 22.7 Å². The van der Waals surface area contributed by atoms with Gasteiger partial charge in [-0.25, -0.2) is 15.0 Å². The predicted molar refractivity (Wildman–Crippen MR) is 142 cm³/mol. The topological polar surface area (TPSA) is 149 Å². The molecule has 2 aromatic carbocycles. The summed E-state index contributed by atoms with van der Waals surface area (Å²) in [5.74, 6) is 0.692. The number of rotatable bonds is 8. The van der Waals surface area contributed by atoms with E-state index in [1.54, 1.807) is 6.07 Å². The molecule has 1 aliphatic rings. The highest BCUT2D eigenvalue weighted by molar-refractivity contribution is 6.30. The van der Waals surface area contributed by atoms with E-state index in [4.69, 9.17) is 38.4 Å². The van der Waals surface area contributed by atoms with Gasteiger partial charge in [0.1, 0.15) is 24.8 Å². The van der Waals surface area contributed by atoms with E-state index in [2.05, 4.69) is 25.6 Å². The van der Waals surface area contributed by atoms with Gasteiger partial charge in [-0.3, -0.25) is 9.36 Å². The minimum atomic E-state index is -1.15. The van der Waals surface area contributed by atoms with Gasteiger partial charge in [0, 0.05) is 29.2 Å². The van der Waals surface area contributed by atoms with Crippen LogP contribution in [0.4, 0.5) is 5.82 Å². The van der Waals surface area contributed by atoms with Gasteiger partial charge in [-0.1, -0.05) is 35.3 Å². The SMILES string of the molecule is CNC(=O)[C@H]1O[C@@H](n2cnc3c(NCc4cc(Cl)ccc4OCc4ccc(Cl)cc4)ncnc32)[C@H](O)[C@@H]1N. The maximum Gasteiger partial charge on any atom is 0.250 e. The Labute approximate surface area is 227 Å². The maximum atomic E-state index is 12.1. The Bertz CT molecular complexity index is 1450. The lowest BCUT2D eigenvalue weighted by Gasteiger charge is -2.17. The number of carbonyl (C=O) groups is 1. The first-order valence-electron chi connectivity index (χ1n) is 11.7. The smallest absolute Gasteiger partial charge is 0.250 e. The number of benzene rings is 2. The highest BCUT2D eigenvalue weighted by atomic mass is 35.5. The van der Waals surface area contributed by atoms with Crippen LogP contribution >= 0.6 is 23.2 Å². The summed E-state index contributed by atoms with van der Waals surface area (Å²) in [6.45, 7) is 0.693. The van der Waals surface area contributed by atoms with Crippen molar-refractivity contribution in [2.24, 2.45) is 5.73 Å². The Balaban J connectivity index is 1.34. The standard InChI is InChI=1S/C25H25Cl2N7O4/c1-29-24(36)21-18(28)20(35)25(38-21)34-12-33-19-22(31-11-32-23(19)34)30-9-14-8-16(27)6-7-17(14)37-10-13-2-4-15(26)5-3-13/h2-8,11-12,18,20-21,25,35H,9-10,28H2,1H3,(H,29,36)(H,30,31,32)/t18-,20+,21-,25+/m0/s1. The van der Waals surface area contributed by atoms with E-state index in [0.29, 0.717) is 45.9 Å². The van der Waals surface area contributed by atoms with Crippen LogP contribution in [0.5, 0.6) is 5.75 Å². The summed E-state index contributed by atoms with van der Waals surface area (Å²) in [7, 11) is 1.48. The van der Waals surface area contributed by atoms with Gasteiger partial charge in [0.25, 0.3) is 5.91 Å². The molecule has 5 N–H and O–H groups in total. The molecule has 5 rings (SSSR count). The van der Waals surface area contributed by atoms with Gasteiger partial charge >= 0.3 is 0 Å². The van der Waals surface area contributed by atoms with Crippen molar-refractivity contribution in [3.8, 4) is 5.75 Å². The second-order valence-electron chi connectivity index (χ2n) is 8.70. The first-order chi connectivity index (χ1) is 18.4. The molecule has 38 heavy (non-hydrogen) atoms. The number of aromatic nitrogens is 4. The van der Waals surface area contributed by atoms with Crippen LogP contribution in [0.25, 0.3) is 11.2 Å². The average Bonchev–Trinajstić information content (AvgIpc) is 3.48. The second-order valence-corrected chi connectivity index (χ2v) is 9.57. The van der Waals surface area contributed by atoms with Gasteiger partial charge < -0.3 is 30.9 Å². The molecular weight excluding hydrogens is 533 g/mol. The number of carbonyl (C=O) groups excluding carboxylic acids is 1. The van der Waals surface area contributed by atoms with E-state index >= 15 is 0 Å². The third kappa shape index (κ3) is 5.24. The van der Waals surface area contributed by atoms with Gasteiger partial charge in [0.15, 0.2) is 29.3 Å². The van der Waals surface area contributed by atoms with Crippen molar-refractivity contribution in [1.82, 2.24) is 24.8 Å². The zero-order valence-electron chi connectivity index (χ0n) is 20.2. The molecule has 0 bridgehead atoms. The molecule has 4 atom stereocenters. The Morgan fingerprint density at radius 3 is 2.68 bits per heavy atom. The van der Waals surface area contributed by atoms with E-state index in [0.717, 1.165) is 11.1 Å². The maximum absolute atomic E-state index is 12.1. The number of aliphatic hydroxyl groups is 1. The van der Waals surface area contributed by atoms with Crippen molar-refractivity contribution >= 4 is 46.1 Å². The first-order valence-corrected chi connectivity index (χ1v) is 12.5. The molecule has 0 saturated carbocycles. The lowest BCUT2D eigenvalue weighted by molar-refractivity contribution is -0.134. The van der Waals surface area contributed by atoms with Gasteiger partial charge in [0.05, 0.1) is 12.4 Å². The summed E-state index contributed by atoms with van der Waals surface area (Å²) in [6.07, 6.45) is -0.257. The molecule has 3 heterocycles. The lowest BCUT2D eigenvalue weighted by Crippen LogP contribution is -2.46. The molecule has 0 radical (unpaired) electrons. The zero-order valence-corrected chi connectivity index (χ0v) is 21.7. The van der Waals surface area contributed by atoms with Crippen molar-refractivity contribution < 1.29 is 19.4 Å². The van der Waals surface area contributed by atoms with Crippen LogP contribution in [0.3, 0.4) is 0 Å². The molecule has 11 nitrogen and oxygen atoms in total. The third-order valence-corrected chi connectivity index (χ3v) is 6.72. The molecule has 13 heteroatoms. The first kappa shape index (κ1) is 26.1. The fourth-order valence-electron chi connectivity index (χ4n) is 4.21. The Morgan fingerprint density at radius 1 is 1.16 bits per heavy atom. The van der Waals surface area contributed by atoms with Crippen molar-refractivity contribution in [3.05, 3.63) is 76.3 Å². The van der Waals surface area contributed by atoms with E-state index < -0.39 is 30.4 Å². The second kappa shape index (κ2) is 11.1. The van der Waals surface area contributed by atoms with Crippen LogP contribution in [0, 0.1) is 0 Å². The molecular formula is C25H25Cl2N7O4. The Morgan fingerprint density at radius 2 is 1.92 bits per heavy atom. The number of nitrogens with two attached hydrogens (primary N) is 1. The summed E-state index contributed by atoms with van der Waals surface area (Å²) < 4.78 is 13.4. The molecule has 1 saturated heterocycles. The summed E-state index contributed by atoms with van der Waals surface area (Å²) >= 11 is 12.2. The number of amides is 1. The summed E-state index contributed by atoms with van der Waals surface area (Å²) in [5.41, 5.74) is 8.67. The number of aliphatic hydroxyl groups excluding tert-OH is 1.